The molecule has 1 aromatic heterocycles. The van der Waals surface area contributed by atoms with Gasteiger partial charge in [-0.3, -0.25) is 0 Å². The minimum absolute atomic E-state index is 0.768. The molecule has 2 aromatic rings. The number of hydrogen-bond donors (Lipinski definition) is 1. The van der Waals surface area contributed by atoms with E-state index in [0.717, 1.165) is 21.0 Å². The summed E-state index contributed by atoms with van der Waals surface area (Å²) in [5, 5.41) is 0.998. The number of nitrogens with zero attached hydrogens (tertiary/aromatic N) is 2. The van der Waals surface area contributed by atoms with Crippen molar-refractivity contribution in [1.29, 1.82) is 0 Å². The minimum atomic E-state index is 0.768. The molecule has 0 bridgehead atoms. The summed E-state index contributed by atoms with van der Waals surface area (Å²) in [4.78, 5) is 6.47. The molecule has 0 aliphatic rings. The van der Waals surface area contributed by atoms with E-state index in [4.69, 9.17) is 5.73 Å². The fraction of sp³-hybridized carbons (Fsp3) is 0.300. The molecule has 0 amide bonds. The number of aromatic nitrogens is 1. The van der Waals surface area contributed by atoms with Crippen molar-refractivity contribution in [1.82, 2.24) is 4.98 Å². The van der Waals surface area contributed by atoms with Crippen molar-refractivity contribution in [3.05, 3.63) is 17.7 Å². The van der Waals surface area contributed by atoms with E-state index in [-0.39, 0.29) is 0 Å². The zero-order chi connectivity index (χ0) is 10.3. The van der Waals surface area contributed by atoms with Crippen LogP contribution in [0.3, 0.4) is 0 Å². The predicted molar refractivity (Wildman–Crippen MR) is 63.1 cm³/mol. The maximum absolute atomic E-state index is 5.90. The smallest absolute Gasteiger partial charge is 0.185 e. The predicted octanol–water partition coefficient (Wildman–Crippen LogP) is 2.25. The molecule has 0 saturated heterocycles. The summed E-state index contributed by atoms with van der Waals surface area (Å²) in [5.41, 5.74) is 8.77. The van der Waals surface area contributed by atoms with Crippen molar-refractivity contribution in [2.45, 2.75) is 6.92 Å². The fourth-order valence-corrected chi connectivity index (χ4v) is 2.40. The number of benzene rings is 1. The van der Waals surface area contributed by atoms with Gasteiger partial charge in [0.1, 0.15) is 5.52 Å². The number of thiazole rings is 1. The van der Waals surface area contributed by atoms with Crippen molar-refractivity contribution in [3.63, 3.8) is 0 Å². The van der Waals surface area contributed by atoms with E-state index in [0.29, 0.717) is 0 Å². The molecular formula is C10H13N3S. The maximum Gasteiger partial charge on any atom is 0.185 e. The number of fused-ring (bicyclic) bond motifs is 1. The normalized spacial score (nSPS) is 10.8. The first-order chi connectivity index (χ1) is 6.58. The van der Waals surface area contributed by atoms with E-state index >= 15 is 0 Å². The lowest BCUT2D eigenvalue weighted by molar-refractivity contribution is 1.11. The van der Waals surface area contributed by atoms with Gasteiger partial charge in [0, 0.05) is 14.1 Å². The maximum atomic E-state index is 5.90. The molecule has 14 heavy (non-hydrogen) atoms. The van der Waals surface area contributed by atoms with Gasteiger partial charge in [-0.25, -0.2) is 4.98 Å². The van der Waals surface area contributed by atoms with Crippen LogP contribution in [0.4, 0.5) is 10.8 Å². The Morgan fingerprint density at radius 2 is 2.07 bits per heavy atom. The molecule has 0 atom stereocenters. The Hall–Kier alpha value is -1.29. The third-order valence-corrected chi connectivity index (χ3v) is 3.21. The van der Waals surface area contributed by atoms with Crippen molar-refractivity contribution in [3.8, 4) is 0 Å². The largest absolute Gasteiger partial charge is 0.397 e. The zero-order valence-electron chi connectivity index (χ0n) is 8.53. The van der Waals surface area contributed by atoms with Crippen molar-refractivity contribution in [2.24, 2.45) is 0 Å². The average molecular weight is 207 g/mol. The van der Waals surface area contributed by atoms with E-state index in [1.807, 2.05) is 32.0 Å². The lowest BCUT2D eigenvalue weighted by Crippen LogP contribution is -2.07. The molecule has 0 saturated carbocycles. The Morgan fingerprint density at radius 1 is 1.36 bits per heavy atom. The molecule has 1 heterocycles. The number of nitrogen functional groups attached to an aromatic ring is 1. The topological polar surface area (TPSA) is 42.1 Å². The molecule has 2 rings (SSSR count). The third-order valence-electron chi connectivity index (χ3n) is 2.04. The zero-order valence-corrected chi connectivity index (χ0v) is 9.35. The molecular weight excluding hydrogens is 194 g/mol. The van der Waals surface area contributed by atoms with E-state index in [1.165, 1.54) is 5.56 Å². The molecule has 4 heteroatoms. The molecule has 0 fully saturated rings. The quantitative estimate of drug-likeness (QED) is 0.729. The summed E-state index contributed by atoms with van der Waals surface area (Å²) in [6.07, 6.45) is 0. The van der Waals surface area contributed by atoms with E-state index in [1.54, 1.807) is 11.3 Å². The molecule has 0 spiro atoms. The SMILES string of the molecule is Cc1cc(N)c2nc(N(C)C)sc2c1. The highest BCUT2D eigenvalue weighted by atomic mass is 32.1. The van der Waals surface area contributed by atoms with E-state index < -0.39 is 0 Å². The summed E-state index contributed by atoms with van der Waals surface area (Å²) in [7, 11) is 3.97. The van der Waals surface area contributed by atoms with Crippen LogP contribution >= 0.6 is 11.3 Å². The highest BCUT2D eigenvalue weighted by Crippen LogP contribution is 2.31. The first-order valence-corrected chi connectivity index (χ1v) is 5.23. The van der Waals surface area contributed by atoms with Gasteiger partial charge in [0.15, 0.2) is 5.13 Å². The first-order valence-electron chi connectivity index (χ1n) is 4.42. The number of rotatable bonds is 1. The highest BCUT2D eigenvalue weighted by molar-refractivity contribution is 7.22. The summed E-state index contributed by atoms with van der Waals surface area (Å²) in [6, 6.07) is 4.08. The van der Waals surface area contributed by atoms with Gasteiger partial charge in [-0.1, -0.05) is 11.3 Å². The Morgan fingerprint density at radius 3 is 2.71 bits per heavy atom. The van der Waals surface area contributed by atoms with Crippen molar-refractivity contribution in [2.75, 3.05) is 24.7 Å². The van der Waals surface area contributed by atoms with Crippen LogP contribution in [0.25, 0.3) is 10.2 Å². The van der Waals surface area contributed by atoms with Gasteiger partial charge in [0.25, 0.3) is 0 Å². The van der Waals surface area contributed by atoms with Gasteiger partial charge >= 0.3 is 0 Å². The molecule has 2 N–H and O–H groups in total. The van der Waals surface area contributed by atoms with Crippen LogP contribution in [-0.2, 0) is 0 Å². The summed E-state index contributed by atoms with van der Waals surface area (Å²) in [5.74, 6) is 0. The average Bonchev–Trinajstić information content (AvgIpc) is 2.47. The lowest BCUT2D eigenvalue weighted by atomic mass is 10.2. The number of aryl methyl sites for hydroxylation is 1. The Bertz CT molecular complexity index is 473. The molecule has 0 radical (unpaired) electrons. The summed E-state index contributed by atoms with van der Waals surface area (Å²) >= 11 is 1.67. The van der Waals surface area contributed by atoms with Gasteiger partial charge < -0.3 is 10.6 Å². The second-order valence-corrected chi connectivity index (χ2v) is 4.60. The number of anilines is 2. The van der Waals surface area contributed by atoms with Crippen LogP contribution < -0.4 is 10.6 Å². The Kier molecular flexibility index (Phi) is 2.07. The molecule has 3 nitrogen and oxygen atoms in total. The van der Waals surface area contributed by atoms with Crippen molar-refractivity contribution >= 4 is 32.4 Å². The van der Waals surface area contributed by atoms with Crippen molar-refractivity contribution < 1.29 is 0 Å². The molecule has 1 aromatic carbocycles. The second-order valence-electron chi connectivity index (χ2n) is 3.59. The second kappa shape index (κ2) is 3.13. The van der Waals surface area contributed by atoms with Crippen LogP contribution in [0, 0.1) is 6.92 Å². The highest BCUT2D eigenvalue weighted by Gasteiger charge is 2.08. The third kappa shape index (κ3) is 1.42. The standard InChI is InChI=1S/C10H13N3S/c1-6-4-7(11)9-8(5-6)14-10(12-9)13(2)3/h4-5H,11H2,1-3H3. The van der Waals surface area contributed by atoms with Gasteiger partial charge in [-0.2, -0.15) is 0 Å². The number of nitrogens with two attached hydrogens (primary N) is 1. The monoisotopic (exact) mass is 207 g/mol. The van der Waals surface area contributed by atoms with E-state index in [9.17, 15) is 0 Å². The summed E-state index contributed by atoms with van der Waals surface area (Å²) < 4.78 is 1.16. The van der Waals surface area contributed by atoms with Gasteiger partial charge in [-0.05, 0) is 24.6 Å². The molecule has 0 aliphatic carbocycles. The minimum Gasteiger partial charge on any atom is -0.397 e. The van der Waals surface area contributed by atoms with Crippen LogP contribution in [-0.4, -0.2) is 19.1 Å². The van der Waals surface area contributed by atoms with Crippen LogP contribution in [0.15, 0.2) is 12.1 Å². The number of hydrogen-bond acceptors (Lipinski definition) is 4. The van der Waals surface area contributed by atoms with Gasteiger partial charge in [-0.15, -0.1) is 0 Å². The molecule has 74 valence electrons. The lowest BCUT2D eigenvalue weighted by Gasteiger charge is -2.04. The molecule has 0 aliphatic heterocycles. The Labute approximate surface area is 87.2 Å². The van der Waals surface area contributed by atoms with Crippen LogP contribution in [0.2, 0.25) is 0 Å². The first kappa shape index (κ1) is 9.27. The Balaban J connectivity index is 2.70. The van der Waals surface area contributed by atoms with Gasteiger partial charge in [0.2, 0.25) is 0 Å². The molecule has 0 unspecified atom stereocenters. The fourth-order valence-electron chi connectivity index (χ4n) is 1.38. The van der Waals surface area contributed by atoms with E-state index in [2.05, 4.69) is 11.1 Å². The summed E-state index contributed by atoms with van der Waals surface area (Å²) in [6.45, 7) is 2.05. The van der Waals surface area contributed by atoms with Crippen LogP contribution in [0.1, 0.15) is 5.56 Å². The van der Waals surface area contributed by atoms with Crippen LogP contribution in [0.5, 0.6) is 0 Å². The van der Waals surface area contributed by atoms with Gasteiger partial charge in [0.05, 0.1) is 10.4 Å².